The van der Waals surface area contributed by atoms with Gasteiger partial charge in [-0.2, -0.15) is 0 Å². The van der Waals surface area contributed by atoms with E-state index in [2.05, 4.69) is 14.9 Å². The predicted molar refractivity (Wildman–Crippen MR) is 63.8 cm³/mol. The van der Waals surface area contributed by atoms with Gasteiger partial charge in [0.2, 0.25) is 5.95 Å². The lowest BCUT2D eigenvalue weighted by Gasteiger charge is -2.21. The van der Waals surface area contributed by atoms with Crippen molar-refractivity contribution in [3.63, 3.8) is 0 Å². The van der Waals surface area contributed by atoms with Crippen molar-refractivity contribution < 1.29 is 4.74 Å². The lowest BCUT2D eigenvalue weighted by Crippen LogP contribution is -2.31. The second-order valence-electron chi connectivity index (χ2n) is 3.94. The summed E-state index contributed by atoms with van der Waals surface area (Å²) in [6.07, 6.45) is 6.03. The van der Waals surface area contributed by atoms with Gasteiger partial charge in [-0.1, -0.05) is 0 Å². The van der Waals surface area contributed by atoms with Crippen molar-refractivity contribution in [3.05, 3.63) is 18.0 Å². The predicted octanol–water partition coefficient (Wildman–Crippen LogP) is 1.83. The first-order valence-corrected chi connectivity index (χ1v) is 6.01. The summed E-state index contributed by atoms with van der Waals surface area (Å²) in [6.45, 7) is 1.55. The molecule has 2 rings (SSSR count). The lowest BCUT2D eigenvalue weighted by atomic mass is 10.4. The molecule has 0 N–H and O–H groups in total. The Balaban J connectivity index is 2.05. The fraction of sp³-hybridized carbons (Fsp3) is 0.636. The van der Waals surface area contributed by atoms with Crippen molar-refractivity contribution in [1.29, 1.82) is 0 Å². The number of nitrogens with zero attached hydrogens (tertiary/aromatic N) is 3. The van der Waals surface area contributed by atoms with E-state index in [1.807, 2.05) is 0 Å². The van der Waals surface area contributed by atoms with Crippen LogP contribution >= 0.6 is 11.6 Å². The largest absolute Gasteiger partial charge is 0.383 e. The molecular weight excluding hydrogens is 226 g/mol. The molecule has 16 heavy (non-hydrogen) atoms. The maximum Gasteiger partial charge on any atom is 0.225 e. The molecular formula is C11H16ClN3O. The maximum absolute atomic E-state index is 5.70. The van der Waals surface area contributed by atoms with E-state index in [4.69, 9.17) is 16.3 Å². The fourth-order valence-corrected chi connectivity index (χ4v) is 1.73. The lowest BCUT2D eigenvalue weighted by molar-refractivity contribution is 0.204. The van der Waals surface area contributed by atoms with Gasteiger partial charge in [0, 0.05) is 37.7 Å². The number of halogens is 1. The molecule has 0 bridgehead atoms. The molecule has 0 saturated heterocycles. The van der Waals surface area contributed by atoms with E-state index in [0.717, 1.165) is 18.1 Å². The zero-order valence-electron chi connectivity index (χ0n) is 9.40. The van der Waals surface area contributed by atoms with E-state index in [-0.39, 0.29) is 0 Å². The molecule has 0 aromatic carbocycles. The zero-order chi connectivity index (χ0) is 11.4. The van der Waals surface area contributed by atoms with Gasteiger partial charge in [0.05, 0.1) is 12.5 Å². The van der Waals surface area contributed by atoms with Crippen molar-refractivity contribution in [1.82, 2.24) is 9.97 Å². The third-order valence-corrected chi connectivity index (χ3v) is 2.94. The molecule has 1 aliphatic rings. The third kappa shape index (κ3) is 2.83. The number of hydrogen-bond donors (Lipinski definition) is 0. The summed E-state index contributed by atoms with van der Waals surface area (Å²) in [5, 5.41) is 0. The molecule has 1 aliphatic carbocycles. The van der Waals surface area contributed by atoms with Gasteiger partial charge in [-0.15, -0.1) is 11.6 Å². The van der Waals surface area contributed by atoms with Gasteiger partial charge < -0.3 is 9.64 Å². The summed E-state index contributed by atoms with van der Waals surface area (Å²) < 4.78 is 5.10. The van der Waals surface area contributed by atoms with Gasteiger partial charge in [0.1, 0.15) is 0 Å². The first-order valence-electron chi connectivity index (χ1n) is 5.47. The highest BCUT2D eigenvalue weighted by molar-refractivity contribution is 6.17. The Morgan fingerprint density at radius 2 is 2.12 bits per heavy atom. The van der Waals surface area contributed by atoms with E-state index in [1.165, 1.54) is 12.8 Å². The second kappa shape index (κ2) is 5.46. The molecule has 1 aromatic rings. The molecule has 0 atom stereocenters. The van der Waals surface area contributed by atoms with Gasteiger partial charge in [-0.25, -0.2) is 9.97 Å². The zero-order valence-corrected chi connectivity index (χ0v) is 10.2. The number of rotatable bonds is 6. The van der Waals surface area contributed by atoms with Crippen LogP contribution in [0, 0.1) is 0 Å². The molecule has 0 unspecified atom stereocenters. The number of methoxy groups -OCH3 is 1. The molecule has 1 fully saturated rings. The Morgan fingerprint density at radius 3 is 2.62 bits per heavy atom. The topological polar surface area (TPSA) is 38.2 Å². The van der Waals surface area contributed by atoms with Crippen LogP contribution in [-0.2, 0) is 10.6 Å². The molecule has 0 amide bonds. The van der Waals surface area contributed by atoms with Gasteiger partial charge >= 0.3 is 0 Å². The quantitative estimate of drug-likeness (QED) is 0.713. The van der Waals surface area contributed by atoms with Crippen molar-refractivity contribution in [2.24, 2.45) is 0 Å². The Labute approximate surface area is 101 Å². The summed E-state index contributed by atoms with van der Waals surface area (Å²) in [6, 6.07) is 0.594. The highest BCUT2D eigenvalue weighted by Gasteiger charge is 2.30. The average molecular weight is 242 g/mol. The van der Waals surface area contributed by atoms with Crippen LogP contribution in [-0.4, -0.2) is 36.3 Å². The highest BCUT2D eigenvalue weighted by Crippen LogP contribution is 2.29. The van der Waals surface area contributed by atoms with Crippen molar-refractivity contribution in [2.75, 3.05) is 25.2 Å². The van der Waals surface area contributed by atoms with E-state index in [0.29, 0.717) is 18.5 Å². The smallest absolute Gasteiger partial charge is 0.225 e. The van der Waals surface area contributed by atoms with Crippen LogP contribution in [0.5, 0.6) is 0 Å². The molecule has 88 valence electrons. The minimum absolute atomic E-state index is 0.460. The summed E-state index contributed by atoms with van der Waals surface area (Å²) in [5.74, 6) is 1.25. The number of ether oxygens (including phenoxy) is 1. The fourth-order valence-electron chi connectivity index (χ4n) is 1.59. The molecule has 5 heteroatoms. The van der Waals surface area contributed by atoms with Crippen LogP contribution in [0.25, 0.3) is 0 Å². The van der Waals surface area contributed by atoms with Crippen molar-refractivity contribution in [2.45, 2.75) is 24.8 Å². The molecule has 0 aliphatic heterocycles. The Hall–Kier alpha value is -0.870. The Morgan fingerprint density at radius 1 is 1.44 bits per heavy atom. The summed E-state index contributed by atoms with van der Waals surface area (Å²) >= 11 is 5.70. The number of alkyl halides is 1. The second-order valence-corrected chi connectivity index (χ2v) is 4.21. The monoisotopic (exact) mass is 241 g/mol. The first-order chi connectivity index (χ1) is 7.85. The third-order valence-electron chi connectivity index (χ3n) is 2.63. The van der Waals surface area contributed by atoms with Crippen LogP contribution < -0.4 is 4.90 Å². The summed E-state index contributed by atoms with van der Waals surface area (Å²) in [5.41, 5.74) is 0.952. The maximum atomic E-state index is 5.70. The molecule has 0 radical (unpaired) electrons. The molecule has 1 saturated carbocycles. The van der Waals surface area contributed by atoms with Crippen LogP contribution in [0.1, 0.15) is 18.4 Å². The Kier molecular flexibility index (Phi) is 3.96. The van der Waals surface area contributed by atoms with E-state index < -0.39 is 0 Å². The van der Waals surface area contributed by atoms with Gasteiger partial charge in [-0.05, 0) is 12.8 Å². The normalized spacial score (nSPS) is 15.1. The first kappa shape index (κ1) is 11.6. The number of hydrogen-bond acceptors (Lipinski definition) is 4. The summed E-state index contributed by atoms with van der Waals surface area (Å²) in [7, 11) is 1.71. The molecule has 1 aromatic heterocycles. The average Bonchev–Trinajstić information content (AvgIpc) is 3.15. The molecule has 4 nitrogen and oxygen atoms in total. The van der Waals surface area contributed by atoms with Crippen LogP contribution in [0.15, 0.2) is 12.4 Å². The highest BCUT2D eigenvalue weighted by atomic mass is 35.5. The van der Waals surface area contributed by atoms with E-state index in [1.54, 1.807) is 19.5 Å². The van der Waals surface area contributed by atoms with Gasteiger partial charge in [0.15, 0.2) is 0 Å². The van der Waals surface area contributed by atoms with Crippen LogP contribution in [0.4, 0.5) is 5.95 Å². The standard InChI is InChI=1S/C11H16ClN3O/c1-16-5-4-15(10-2-3-10)11-13-7-9(6-12)8-14-11/h7-8,10H,2-6H2,1H3. The van der Waals surface area contributed by atoms with Crippen LogP contribution in [0.3, 0.4) is 0 Å². The van der Waals surface area contributed by atoms with Crippen molar-refractivity contribution >= 4 is 17.5 Å². The number of anilines is 1. The SMILES string of the molecule is COCCN(c1ncc(CCl)cn1)C1CC1. The number of aromatic nitrogens is 2. The Bertz CT molecular complexity index is 327. The van der Waals surface area contributed by atoms with Crippen molar-refractivity contribution in [3.8, 4) is 0 Å². The van der Waals surface area contributed by atoms with Gasteiger partial charge in [-0.3, -0.25) is 0 Å². The van der Waals surface area contributed by atoms with E-state index in [9.17, 15) is 0 Å². The van der Waals surface area contributed by atoms with Gasteiger partial charge in [0.25, 0.3) is 0 Å². The minimum atomic E-state index is 0.460. The minimum Gasteiger partial charge on any atom is -0.383 e. The van der Waals surface area contributed by atoms with E-state index >= 15 is 0 Å². The molecule has 0 spiro atoms. The molecule has 1 heterocycles. The van der Waals surface area contributed by atoms with Crippen LogP contribution in [0.2, 0.25) is 0 Å². The summed E-state index contributed by atoms with van der Waals surface area (Å²) in [4.78, 5) is 10.9.